The van der Waals surface area contributed by atoms with Crippen LogP contribution in [0, 0.1) is 0 Å². The van der Waals surface area contributed by atoms with Crippen LogP contribution in [0.5, 0.6) is 0 Å². The molecule has 3 rings (SSSR count). The minimum atomic E-state index is -0.923. The summed E-state index contributed by atoms with van der Waals surface area (Å²) in [6.45, 7) is 0.750. The Kier molecular flexibility index (Phi) is 3.41. The average molecular weight is 288 g/mol. The smallest absolute Gasteiger partial charge is 0.335 e. The van der Waals surface area contributed by atoms with Crippen molar-refractivity contribution in [3.05, 3.63) is 23.8 Å². The van der Waals surface area contributed by atoms with Gasteiger partial charge in [0.25, 0.3) is 0 Å². The number of hydrogen-bond acceptors (Lipinski definition) is 4. The minimum absolute atomic E-state index is 0.0971. The van der Waals surface area contributed by atoms with Gasteiger partial charge in [0.2, 0.25) is 0 Å². The third-order valence-electron chi connectivity index (χ3n) is 4.69. The van der Waals surface area contributed by atoms with E-state index in [2.05, 4.69) is 29.3 Å². The van der Waals surface area contributed by atoms with Crippen LogP contribution in [0.15, 0.2) is 18.2 Å². The number of carboxylic acid groups (broad SMARTS) is 1. The summed E-state index contributed by atoms with van der Waals surface area (Å²) >= 11 is 0. The Morgan fingerprint density at radius 1 is 1.38 bits per heavy atom. The van der Waals surface area contributed by atoms with Crippen molar-refractivity contribution in [1.29, 1.82) is 0 Å². The third kappa shape index (κ3) is 2.40. The monoisotopic (exact) mass is 288 g/mol. The van der Waals surface area contributed by atoms with E-state index in [0.29, 0.717) is 0 Å². The van der Waals surface area contributed by atoms with Crippen molar-refractivity contribution in [1.82, 2.24) is 19.9 Å². The van der Waals surface area contributed by atoms with Crippen LogP contribution in [-0.2, 0) is 6.54 Å². The van der Waals surface area contributed by atoms with Crippen molar-refractivity contribution in [2.24, 2.45) is 0 Å². The maximum atomic E-state index is 11.1. The Balaban J connectivity index is 2.00. The number of carboxylic acids is 1. The van der Waals surface area contributed by atoms with Gasteiger partial charge in [-0.2, -0.15) is 0 Å². The van der Waals surface area contributed by atoms with E-state index in [9.17, 15) is 4.79 Å². The molecule has 0 spiro atoms. The van der Waals surface area contributed by atoms with Gasteiger partial charge in [-0.05, 0) is 45.1 Å². The van der Waals surface area contributed by atoms with Gasteiger partial charge < -0.3 is 10.0 Å². The summed E-state index contributed by atoms with van der Waals surface area (Å²) in [7, 11) is 4.21. The van der Waals surface area contributed by atoms with Gasteiger partial charge in [0.15, 0.2) is 0 Å². The fourth-order valence-corrected chi connectivity index (χ4v) is 3.27. The van der Waals surface area contributed by atoms with Crippen LogP contribution >= 0.6 is 0 Å². The summed E-state index contributed by atoms with van der Waals surface area (Å²) in [5.41, 5.74) is 1.91. The lowest BCUT2D eigenvalue weighted by Crippen LogP contribution is -2.45. The lowest BCUT2D eigenvalue weighted by molar-refractivity contribution is 0.0697. The van der Waals surface area contributed by atoms with E-state index in [-0.39, 0.29) is 11.1 Å². The molecule has 0 bridgehead atoms. The molecule has 1 aromatic carbocycles. The zero-order valence-corrected chi connectivity index (χ0v) is 12.4. The molecule has 2 aromatic rings. The van der Waals surface area contributed by atoms with Gasteiger partial charge in [-0.25, -0.2) is 9.48 Å². The number of benzene rings is 1. The normalized spacial score (nSPS) is 17.7. The SMILES string of the molecule is CN(C)C1(Cn2nnc3ccc(C(=O)O)cc32)CCCC1. The number of nitrogens with zero attached hydrogens (tertiary/aromatic N) is 4. The molecule has 0 atom stereocenters. The summed E-state index contributed by atoms with van der Waals surface area (Å²) in [4.78, 5) is 13.4. The molecule has 0 radical (unpaired) electrons. The van der Waals surface area contributed by atoms with Gasteiger partial charge in [-0.3, -0.25) is 0 Å². The van der Waals surface area contributed by atoms with Crippen molar-refractivity contribution in [2.45, 2.75) is 37.8 Å². The lowest BCUT2D eigenvalue weighted by atomic mass is 9.96. The molecular formula is C15H20N4O2. The number of hydrogen-bond donors (Lipinski definition) is 1. The molecule has 112 valence electrons. The molecule has 1 aliphatic carbocycles. The number of carbonyl (C=O) groups is 1. The Morgan fingerprint density at radius 2 is 2.10 bits per heavy atom. The Bertz CT molecular complexity index is 671. The first-order chi connectivity index (χ1) is 10.0. The summed E-state index contributed by atoms with van der Waals surface area (Å²) in [5.74, 6) is -0.923. The fourth-order valence-electron chi connectivity index (χ4n) is 3.27. The number of likely N-dealkylation sites (N-methyl/N-ethyl adjacent to an activating group) is 1. The van der Waals surface area contributed by atoms with Crippen molar-refractivity contribution < 1.29 is 9.90 Å². The predicted molar refractivity (Wildman–Crippen MR) is 79.4 cm³/mol. The predicted octanol–water partition coefficient (Wildman–Crippen LogP) is 2.00. The molecule has 1 N–H and O–H groups in total. The van der Waals surface area contributed by atoms with Crippen LogP contribution in [0.2, 0.25) is 0 Å². The highest BCUT2D eigenvalue weighted by Crippen LogP contribution is 2.35. The fraction of sp³-hybridized carbons (Fsp3) is 0.533. The highest BCUT2D eigenvalue weighted by Gasteiger charge is 2.37. The molecule has 21 heavy (non-hydrogen) atoms. The van der Waals surface area contributed by atoms with Gasteiger partial charge in [0.1, 0.15) is 5.52 Å². The molecule has 0 aliphatic heterocycles. The number of aromatic nitrogens is 3. The van der Waals surface area contributed by atoms with Gasteiger partial charge in [-0.15, -0.1) is 5.10 Å². The molecule has 1 aromatic heterocycles. The second kappa shape index (κ2) is 5.11. The molecule has 0 saturated heterocycles. The van der Waals surface area contributed by atoms with Crippen molar-refractivity contribution >= 4 is 17.0 Å². The molecule has 1 aliphatic rings. The van der Waals surface area contributed by atoms with E-state index in [1.807, 2.05) is 4.68 Å². The van der Waals surface area contributed by atoms with Crippen molar-refractivity contribution in [3.63, 3.8) is 0 Å². The third-order valence-corrected chi connectivity index (χ3v) is 4.69. The molecule has 6 nitrogen and oxygen atoms in total. The standard InChI is InChI=1S/C15H20N4O2/c1-18(2)15(7-3-4-8-15)10-19-13-9-11(14(20)21)5-6-12(13)16-17-19/h5-6,9H,3-4,7-8,10H2,1-2H3,(H,20,21). The zero-order valence-electron chi connectivity index (χ0n) is 12.4. The highest BCUT2D eigenvalue weighted by atomic mass is 16.4. The Hall–Kier alpha value is -1.95. The maximum absolute atomic E-state index is 11.1. The highest BCUT2D eigenvalue weighted by molar-refractivity contribution is 5.92. The van der Waals surface area contributed by atoms with E-state index >= 15 is 0 Å². The largest absolute Gasteiger partial charge is 0.478 e. The maximum Gasteiger partial charge on any atom is 0.335 e. The average Bonchev–Trinajstić information content (AvgIpc) is 3.07. The van der Waals surface area contributed by atoms with E-state index in [1.165, 1.54) is 12.8 Å². The summed E-state index contributed by atoms with van der Waals surface area (Å²) < 4.78 is 1.85. The van der Waals surface area contributed by atoms with Crippen LogP contribution in [0.25, 0.3) is 11.0 Å². The first-order valence-corrected chi connectivity index (χ1v) is 7.26. The molecule has 0 amide bonds. The molecule has 1 saturated carbocycles. The quantitative estimate of drug-likeness (QED) is 0.931. The number of aromatic carboxylic acids is 1. The topological polar surface area (TPSA) is 71.2 Å². The van der Waals surface area contributed by atoms with Crippen LogP contribution in [0.1, 0.15) is 36.0 Å². The van der Waals surface area contributed by atoms with Gasteiger partial charge in [-0.1, -0.05) is 18.1 Å². The Labute approximate surface area is 123 Å². The molecular weight excluding hydrogens is 268 g/mol. The molecule has 1 heterocycles. The van der Waals surface area contributed by atoms with E-state index in [4.69, 9.17) is 5.11 Å². The first kappa shape index (κ1) is 14.0. The van der Waals surface area contributed by atoms with Crippen molar-refractivity contribution in [2.75, 3.05) is 14.1 Å². The molecule has 0 unspecified atom stereocenters. The second-order valence-electron chi connectivity index (χ2n) is 6.08. The lowest BCUT2D eigenvalue weighted by Gasteiger charge is -2.36. The van der Waals surface area contributed by atoms with Crippen molar-refractivity contribution in [3.8, 4) is 0 Å². The minimum Gasteiger partial charge on any atom is -0.478 e. The molecule has 1 fully saturated rings. The van der Waals surface area contributed by atoms with E-state index < -0.39 is 5.97 Å². The van der Waals surface area contributed by atoms with Gasteiger partial charge in [0.05, 0.1) is 17.6 Å². The van der Waals surface area contributed by atoms with Crippen LogP contribution < -0.4 is 0 Å². The van der Waals surface area contributed by atoms with E-state index in [1.54, 1.807) is 18.2 Å². The van der Waals surface area contributed by atoms with Crippen LogP contribution in [-0.4, -0.2) is 50.6 Å². The second-order valence-corrected chi connectivity index (χ2v) is 6.08. The number of fused-ring (bicyclic) bond motifs is 1. The first-order valence-electron chi connectivity index (χ1n) is 7.26. The summed E-state index contributed by atoms with van der Waals surface area (Å²) in [6.07, 6.45) is 4.73. The summed E-state index contributed by atoms with van der Waals surface area (Å²) in [6, 6.07) is 4.95. The number of rotatable bonds is 4. The molecule has 6 heteroatoms. The Morgan fingerprint density at radius 3 is 2.71 bits per heavy atom. The van der Waals surface area contributed by atoms with Gasteiger partial charge in [0, 0.05) is 5.54 Å². The van der Waals surface area contributed by atoms with Crippen LogP contribution in [0.3, 0.4) is 0 Å². The summed E-state index contributed by atoms with van der Waals surface area (Å²) in [5, 5.41) is 17.5. The zero-order chi connectivity index (χ0) is 15.0. The van der Waals surface area contributed by atoms with E-state index in [0.717, 1.165) is 30.4 Å². The van der Waals surface area contributed by atoms with Crippen LogP contribution in [0.4, 0.5) is 0 Å². The van der Waals surface area contributed by atoms with Gasteiger partial charge >= 0.3 is 5.97 Å².